The van der Waals surface area contributed by atoms with Crippen molar-refractivity contribution < 1.29 is 14.3 Å². The van der Waals surface area contributed by atoms with E-state index < -0.39 is 5.97 Å². The van der Waals surface area contributed by atoms with E-state index in [0.717, 1.165) is 22.3 Å². The lowest BCUT2D eigenvalue weighted by Gasteiger charge is -2.07. The number of thiophene rings is 1. The van der Waals surface area contributed by atoms with Gasteiger partial charge in [0, 0.05) is 21.4 Å². The number of carbonyl (C=O) groups excluding carboxylic acids is 2. The third-order valence-corrected chi connectivity index (χ3v) is 6.07. The molecule has 1 N–H and O–H groups in total. The second kappa shape index (κ2) is 9.58. The molecule has 0 aliphatic rings. The summed E-state index contributed by atoms with van der Waals surface area (Å²) in [6, 6.07) is 17.7. The van der Waals surface area contributed by atoms with Crippen LogP contribution < -0.4 is 5.32 Å². The molecule has 0 bridgehead atoms. The van der Waals surface area contributed by atoms with Gasteiger partial charge in [-0.2, -0.15) is 0 Å². The Labute approximate surface area is 166 Å². The predicted molar refractivity (Wildman–Crippen MR) is 113 cm³/mol. The number of carbonyl (C=O) groups is 2. The first-order chi connectivity index (χ1) is 13.2. The number of thioether (sulfide) groups is 1. The number of rotatable bonds is 8. The van der Waals surface area contributed by atoms with Crippen molar-refractivity contribution in [3.05, 3.63) is 60.2 Å². The van der Waals surface area contributed by atoms with Gasteiger partial charge in [-0.3, -0.25) is 4.79 Å². The quantitative estimate of drug-likeness (QED) is 0.305. The highest BCUT2D eigenvalue weighted by atomic mass is 32.2. The van der Waals surface area contributed by atoms with Gasteiger partial charge < -0.3 is 10.1 Å². The van der Waals surface area contributed by atoms with Gasteiger partial charge in [0.05, 0.1) is 6.61 Å². The van der Waals surface area contributed by atoms with Crippen LogP contribution in [-0.4, -0.2) is 24.2 Å². The largest absolute Gasteiger partial charge is 0.462 e. The van der Waals surface area contributed by atoms with Gasteiger partial charge >= 0.3 is 5.97 Å². The van der Waals surface area contributed by atoms with Crippen LogP contribution in [0, 0.1) is 0 Å². The molecule has 4 nitrogen and oxygen atoms in total. The second-order valence-corrected chi connectivity index (χ2v) is 8.06. The lowest BCUT2D eigenvalue weighted by molar-refractivity contribution is -0.116. The van der Waals surface area contributed by atoms with E-state index in [-0.39, 0.29) is 5.91 Å². The van der Waals surface area contributed by atoms with Crippen molar-refractivity contribution >= 4 is 50.1 Å². The van der Waals surface area contributed by atoms with Gasteiger partial charge in [-0.15, -0.1) is 23.1 Å². The van der Waals surface area contributed by atoms with Gasteiger partial charge in [0.25, 0.3) is 0 Å². The van der Waals surface area contributed by atoms with Gasteiger partial charge in [0.2, 0.25) is 5.91 Å². The van der Waals surface area contributed by atoms with E-state index in [9.17, 15) is 9.59 Å². The monoisotopic (exact) mass is 399 g/mol. The van der Waals surface area contributed by atoms with Crippen LogP contribution in [0.5, 0.6) is 0 Å². The summed E-state index contributed by atoms with van der Waals surface area (Å²) in [4.78, 5) is 25.9. The minimum atomic E-state index is -0.398. The van der Waals surface area contributed by atoms with E-state index >= 15 is 0 Å². The highest BCUT2D eigenvalue weighted by molar-refractivity contribution is 7.99. The molecule has 1 amide bonds. The maximum Gasteiger partial charge on any atom is 0.341 e. The third-order valence-electron chi connectivity index (χ3n) is 3.89. The first-order valence-electron chi connectivity index (χ1n) is 8.85. The zero-order valence-corrected chi connectivity index (χ0v) is 16.7. The minimum absolute atomic E-state index is 0.0826. The lowest BCUT2D eigenvalue weighted by Crippen LogP contribution is -2.14. The molecule has 0 aliphatic heterocycles. The van der Waals surface area contributed by atoms with Crippen LogP contribution in [-0.2, 0) is 9.53 Å². The Kier molecular flexibility index (Phi) is 6.90. The van der Waals surface area contributed by atoms with Gasteiger partial charge in [-0.05, 0) is 37.3 Å². The topological polar surface area (TPSA) is 55.4 Å². The smallest absolute Gasteiger partial charge is 0.341 e. The number of amides is 1. The van der Waals surface area contributed by atoms with Gasteiger partial charge in [0.15, 0.2) is 0 Å². The van der Waals surface area contributed by atoms with Crippen LogP contribution in [0.15, 0.2) is 59.5 Å². The zero-order valence-electron chi connectivity index (χ0n) is 15.1. The van der Waals surface area contributed by atoms with Crippen LogP contribution >= 0.6 is 23.1 Å². The summed E-state index contributed by atoms with van der Waals surface area (Å²) in [5.74, 6) is 0.389. The highest BCUT2D eigenvalue weighted by Crippen LogP contribution is 2.36. The molecule has 1 heterocycles. The Hall–Kier alpha value is -2.31. The van der Waals surface area contributed by atoms with Crippen molar-refractivity contribution in [3.8, 4) is 0 Å². The minimum Gasteiger partial charge on any atom is -0.462 e. The number of hydrogen-bond donors (Lipinski definition) is 1. The maximum atomic E-state index is 12.4. The van der Waals surface area contributed by atoms with Crippen LogP contribution in [0.1, 0.15) is 30.1 Å². The van der Waals surface area contributed by atoms with Crippen molar-refractivity contribution in [1.29, 1.82) is 0 Å². The normalized spacial score (nSPS) is 10.7. The summed E-state index contributed by atoms with van der Waals surface area (Å²) in [6.07, 6.45) is 1.18. The van der Waals surface area contributed by atoms with Crippen LogP contribution in [0.25, 0.3) is 10.1 Å². The fraction of sp³-hybridized carbons (Fsp3) is 0.238. The molecular formula is C21H21NO3S2. The van der Waals surface area contributed by atoms with E-state index in [4.69, 9.17) is 4.74 Å². The lowest BCUT2D eigenvalue weighted by atomic mass is 10.1. The molecule has 0 saturated heterocycles. The summed E-state index contributed by atoms with van der Waals surface area (Å²) in [6.45, 7) is 2.07. The molecule has 6 heteroatoms. The third kappa shape index (κ3) is 5.11. The molecule has 0 saturated carbocycles. The Bertz CT molecular complexity index is 922. The van der Waals surface area contributed by atoms with Crippen LogP contribution in [0.3, 0.4) is 0 Å². The summed E-state index contributed by atoms with van der Waals surface area (Å²) in [7, 11) is 0. The number of hydrogen-bond acceptors (Lipinski definition) is 5. The van der Waals surface area contributed by atoms with Crippen molar-refractivity contribution in [3.63, 3.8) is 0 Å². The van der Waals surface area contributed by atoms with Crippen molar-refractivity contribution in [2.24, 2.45) is 0 Å². The number of benzene rings is 2. The fourth-order valence-electron chi connectivity index (χ4n) is 2.67. The second-order valence-electron chi connectivity index (χ2n) is 5.84. The summed E-state index contributed by atoms with van der Waals surface area (Å²) in [5, 5.41) is 4.29. The molecule has 3 rings (SSSR count). The van der Waals surface area contributed by atoms with E-state index in [1.165, 1.54) is 16.2 Å². The summed E-state index contributed by atoms with van der Waals surface area (Å²) >= 11 is 3.14. The molecule has 0 radical (unpaired) electrons. The van der Waals surface area contributed by atoms with Crippen LogP contribution in [0.4, 0.5) is 5.00 Å². The number of anilines is 1. The number of esters is 1. The Morgan fingerprint density at radius 1 is 1.07 bits per heavy atom. The molecule has 1 aromatic heterocycles. The number of fused-ring (bicyclic) bond motifs is 1. The summed E-state index contributed by atoms with van der Waals surface area (Å²) < 4.78 is 6.13. The molecule has 0 atom stereocenters. The van der Waals surface area contributed by atoms with Crippen molar-refractivity contribution in [2.75, 3.05) is 17.7 Å². The molecule has 2 aromatic carbocycles. The number of nitrogens with one attached hydrogen (secondary N) is 1. The van der Waals surface area contributed by atoms with Gasteiger partial charge in [0.1, 0.15) is 10.6 Å². The molecule has 0 spiro atoms. The van der Waals surface area contributed by atoms with Crippen molar-refractivity contribution in [2.45, 2.75) is 24.7 Å². The first-order valence-corrected chi connectivity index (χ1v) is 10.7. The Morgan fingerprint density at radius 3 is 2.59 bits per heavy atom. The Balaban J connectivity index is 1.62. The average Bonchev–Trinajstić information content (AvgIpc) is 3.04. The molecule has 27 heavy (non-hydrogen) atoms. The standard InChI is InChI=1S/C21H21NO3S2/c1-2-25-21(24)19-16-11-6-7-12-17(16)27-20(19)22-18(23)13-8-14-26-15-9-4-3-5-10-15/h3-7,9-12H,2,8,13-14H2,1H3,(H,22,23). The van der Waals surface area contributed by atoms with E-state index in [2.05, 4.69) is 17.4 Å². The highest BCUT2D eigenvalue weighted by Gasteiger charge is 2.21. The molecular weight excluding hydrogens is 378 g/mol. The number of ether oxygens (including phenoxy) is 1. The maximum absolute atomic E-state index is 12.4. The van der Waals surface area contributed by atoms with E-state index in [1.54, 1.807) is 18.7 Å². The van der Waals surface area contributed by atoms with Crippen LogP contribution in [0.2, 0.25) is 0 Å². The van der Waals surface area contributed by atoms with Gasteiger partial charge in [-0.25, -0.2) is 4.79 Å². The molecule has 0 fully saturated rings. The fourth-order valence-corrected chi connectivity index (χ4v) is 4.65. The SMILES string of the molecule is CCOC(=O)c1c(NC(=O)CCCSc2ccccc2)sc2ccccc12. The summed E-state index contributed by atoms with van der Waals surface area (Å²) in [5.41, 5.74) is 0.449. The predicted octanol–water partition coefficient (Wildman–Crippen LogP) is 5.59. The Morgan fingerprint density at radius 2 is 1.81 bits per heavy atom. The average molecular weight is 400 g/mol. The van der Waals surface area contributed by atoms with Crippen molar-refractivity contribution in [1.82, 2.24) is 0 Å². The van der Waals surface area contributed by atoms with Gasteiger partial charge in [-0.1, -0.05) is 36.4 Å². The molecule has 0 unspecified atom stereocenters. The molecule has 0 aliphatic carbocycles. The van der Waals surface area contributed by atoms with E-state index in [1.807, 2.05) is 42.5 Å². The zero-order chi connectivity index (χ0) is 19.1. The first kappa shape index (κ1) is 19.5. The molecule has 140 valence electrons. The van der Waals surface area contributed by atoms with E-state index in [0.29, 0.717) is 23.6 Å². The molecule has 3 aromatic rings.